The molecule has 0 aliphatic rings. The van der Waals surface area contributed by atoms with Gasteiger partial charge in [0.2, 0.25) is 0 Å². The number of hydrogen-bond acceptors (Lipinski definition) is 8. The number of ether oxygens (including phenoxy) is 2. The van der Waals surface area contributed by atoms with Crippen LogP contribution in [0.25, 0.3) is 0 Å². The summed E-state index contributed by atoms with van der Waals surface area (Å²) in [5.41, 5.74) is 0.934. The first-order chi connectivity index (χ1) is 14.0. The Labute approximate surface area is 214 Å². The zero-order valence-electron chi connectivity index (χ0n) is 16.9. The maximum absolute atomic E-state index is 11.0. The minimum atomic E-state index is -4.18. The first kappa shape index (κ1) is 28.6. The molecular formula is C16H20As2N2NaO8S2+. The van der Waals surface area contributed by atoms with Crippen LogP contribution >= 0.6 is 0 Å². The molecule has 0 aliphatic heterocycles. The normalized spacial score (nSPS) is 11.6. The minimum Gasteiger partial charge on any atom is 1.00 e. The molecule has 0 atom stereocenters. The van der Waals surface area contributed by atoms with E-state index in [9.17, 15) is 16.8 Å². The zero-order valence-corrected chi connectivity index (χ0v) is 24.3. The molecule has 0 amide bonds. The summed E-state index contributed by atoms with van der Waals surface area (Å²) in [4.78, 5) is 0. The van der Waals surface area contributed by atoms with Crippen LogP contribution in [0.3, 0.4) is 0 Å². The summed E-state index contributed by atoms with van der Waals surface area (Å²) < 4.78 is 74.3. The zero-order chi connectivity index (χ0) is 22.4. The van der Waals surface area contributed by atoms with Crippen molar-refractivity contribution in [2.75, 3.05) is 36.6 Å². The van der Waals surface area contributed by atoms with Crippen LogP contribution in [-0.2, 0) is 20.2 Å². The summed E-state index contributed by atoms with van der Waals surface area (Å²) in [5, 5.41) is 5.31. The van der Waals surface area contributed by atoms with Crippen molar-refractivity contribution in [3.05, 3.63) is 36.4 Å². The van der Waals surface area contributed by atoms with Crippen LogP contribution < -0.4 is 58.4 Å². The molecule has 0 saturated heterocycles. The molecule has 15 heteroatoms. The van der Waals surface area contributed by atoms with Crippen molar-refractivity contribution in [3.8, 4) is 11.5 Å². The van der Waals surface area contributed by atoms with E-state index in [2.05, 4.69) is 10.6 Å². The van der Waals surface area contributed by atoms with Gasteiger partial charge in [0, 0.05) is 0 Å². The van der Waals surface area contributed by atoms with E-state index in [1.54, 1.807) is 24.3 Å². The van der Waals surface area contributed by atoms with Gasteiger partial charge in [-0.3, -0.25) is 0 Å². The van der Waals surface area contributed by atoms with Crippen molar-refractivity contribution in [1.82, 2.24) is 0 Å². The quantitative estimate of drug-likeness (QED) is 0.159. The number of methoxy groups -OCH3 is 2. The van der Waals surface area contributed by atoms with Gasteiger partial charge in [-0.2, -0.15) is 0 Å². The Hall–Kier alpha value is -0.423. The van der Waals surface area contributed by atoms with Crippen LogP contribution in [0.4, 0.5) is 11.4 Å². The standard InChI is InChI=1S/C16H20As2N2O8S2.Na/c1-27-15-5-3-11(7-13(15)19-9-29(21,22)23)17-18-12-4-6-16(28-2)14(8-12)20-10-30(24,25)26;/h3-8,19-20H,9-10H2,1-2H3,(H,21,22,23)(H,24,25,26);/q;+1. The van der Waals surface area contributed by atoms with E-state index >= 15 is 0 Å². The number of nitrogens with one attached hydrogen (secondary N) is 2. The third-order valence-corrected chi connectivity index (χ3v) is 13.0. The van der Waals surface area contributed by atoms with Gasteiger partial charge in [-0.25, -0.2) is 0 Å². The summed E-state index contributed by atoms with van der Waals surface area (Å²) in [6.45, 7) is 0. The number of rotatable bonds is 10. The van der Waals surface area contributed by atoms with E-state index in [0.717, 1.165) is 8.70 Å². The second-order valence-corrected chi connectivity index (χ2v) is 16.0. The Balaban J connectivity index is 0.00000480. The van der Waals surface area contributed by atoms with E-state index in [1.165, 1.54) is 14.2 Å². The number of anilines is 2. The molecule has 0 fully saturated rings. The maximum atomic E-state index is 11.0. The van der Waals surface area contributed by atoms with Gasteiger partial charge in [0.25, 0.3) is 0 Å². The Morgan fingerprint density at radius 2 is 1.13 bits per heavy atom. The fraction of sp³-hybridized carbons (Fsp3) is 0.250. The third kappa shape index (κ3) is 10.4. The maximum Gasteiger partial charge on any atom is 1.00 e. The molecule has 10 nitrogen and oxygen atoms in total. The van der Waals surface area contributed by atoms with Crippen LogP contribution in [-0.4, -0.2) is 78.2 Å². The van der Waals surface area contributed by atoms with Gasteiger partial charge in [-0.1, -0.05) is 0 Å². The molecule has 0 aromatic heterocycles. The summed E-state index contributed by atoms with van der Waals surface area (Å²) in [7, 11) is -5.42. The molecule has 0 bridgehead atoms. The molecule has 2 rings (SSSR count). The monoisotopic (exact) mass is 605 g/mol. The van der Waals surface area contributed by atoms with Crippen LogP contribution in [0.5, 0.6) is 11.5 Å². The van der Waals surface area contributed by atoms with Crippen molar-refractivity contribution in [1.29, 1.82) is 0 Å². The minimum absolute atomic E-state index is 0. The van der Waals surface area contributed by atoms with Gasteiger partial charge in [0.05, 0.1) is 0 Å². The molecular weight excluding hydrogens is 585 g/mol. The third-order valence-electron chi connectivity index (χ3n) is 3.54. The van der Waals surface area contributed by atoms with E-state index in [-0.39, 0.29) is 55.8 Å². The molecule has 0 unspecified atom stereocenters. The Morgan fingerprint density at radius 3 is 1.42 bits per heavy atom. The van der Waals surface area contributed by atoms with Gasteiger partial charge in [-0.15, -0.1) is 0 Å². The second kappa shape index (κ2) is 12.7. The van der Waals surface area contributed by atoms with Crippen molar-refractivity contribution >= 4 is 66.6 Å². The van der Waals surface area contributed by atoms with E-state index < -0.39 is 32.0 Å². The summed E-state index contributed by atoms with van der Waals surface area (Å²) in [6, 6.07) is 10.8. The smallest absolute Gasteiger partial charge is 1.00 e. The average molecular weight is 605 g/mol. The van der Waals surface area contributed by atoms with Gasteiger partial charge >= 0.3 is 216 Å². The Bertz CT molecular complexity index is 1050. The number of hydrogen-bond donors (Lipinski definition) is 4. The summed E-state index contributed by atoms with van der Waals surface area (Å²) in [5.74, 6) is -0.335. The van der Waals surface area contributed by atoms with E-state index in [1.807, 2.05) is 12.1 Å². The average Bonchev–Trinajstić information content (AvgIpc) is 2.68. The molecule has 164 valence electrons. The number of benzene rings is 2. The first-order valence-corrected chi connectivity index (χ1v) is 18.5. The van der Waals surface area contributed by atoms with Crippen molar-refractivity contribution in [3.63, 3.8) is 0 Å². The van der Waals surface area contributed by atoms with Gasteiger partial charge in [0.15, 0.2) is 0 Å². The molecule has 0 radical (unpaired) electrons. The van der Waals surface area contributed by atoms with Crippen LogP contribution in [0, 0.1) is 0 Å². The summed E-state index contributed by atoms with van der Waals surface area (Å²) >= 11 is -0.542. The van der Waals surface area contributed by atoms with Crippen LogP contribution in [0.15, 0.2) is 36.4 Å². The largest absolute Gasteiger partial charge is 1.00 e. The van der Waals surface area contributed by atoms with E-state index in [0.29, 0.717) is 22.9 Å². The predicted molar refractivity (Wildman–Crippen MR) is 117 cm³/mol. The molecule has 0 aliphatic carbocycles. The van der Waals surface area contributed by atoms with Crippen molar-refractivity contribution in [2.45, 2.75) is 0 Å². The molecule has 31 heavy (non-hydrogen) atoms. The molecule has 2 aromatic rings. The Morgan fingerprint density at radius 1 is 0.774 bits per heavy atom. The first-order valence-electron chi connectivity index (χ1n) is 8.16. The van der Waals surface area contributed by atoms with Gasteiger partial charge in [0.1, 0.15) is 0 Å². The summed E-state index contributed by atoms with van der Waals surface area (Å²) in [6.07, 6.45) is 0. The van der Waals surface area contributed by atoms with Crippen LogP contribution in [0.2, 0.25) is 0 Å². The molecule has 0 saturated carbocycles. The second-order valence-electron chi connectivity index (χ2n) is 5.78. The fourth-order valence-corrected chi connectivity index (χ4v) is 10.0. The molecule has 4 N–H and O–H groups in total. The van der Waals surface area contributed by atoms with Crippen molar-refractivity contribution in [2.24, 2.45) is 0 Å². The molecule has 0 spiro atoms. The predicted octanol–water partition coefficient (Wildman–Crippen LogP) is -3.50. The molecule has 0 heterocycles. The molecule has 2 aromatic carbocycles. The topological polar surface area (TPSA) is 151 Å². The van der Waals surface area contributed by atoms with Crippen LogP contribution in [0.1, 0.15) is 0 Å². The van der Waals surface area contributed by atoms with Gasteiger partial charge in [-0.05, 0) is 0 Å². The van der Waals surface area contributed by atoms with Crippen molar-refractivity contribution < 1.29 is 65.0 Å². The van der Waals surface area contributed by atoms with Gasteiger partial charge < -0.3 is 0 Å². The Kier molecular flexibility index (Phi) is 11.7. The fourth-order valence-electron chi connectivity index (χ4n) is 2.25. The van der Waals surface area contributed by atoms with E-state index in [4.69, 9.17) is 18.6 Å². The SMILES string of the molecule is COc1ccc([As]=[As]c2ccc(OC)c(NCS(=O)(=O)O)c2)cc1NCS(=O)(=O)O.[Na+].